The fraction of sp³-hybridized carbons (Fsp3) is 0.0833. The number of halogens is 1. The number of ether oxygens (including phenoxy) is 1. The molecule has 4 aromatic rings. The van der Waals surface area contributed by atoms with Crippen molar-refractivity contribution >= 4 is 38.4 Å². The van der Waals surface area contributed by atoms with E-state index in [1.54, 1.807) is 6.07 Å². The summed E-state index contributed by atoms with van der Waals surface area (Å²) in [4.78, 5) is 17.5. The number of pyridine rings is 1. The number of fused-ring (bicyclic) bond motifs is 1. The number of hydrogen-bond donors (Lipinski definition) is 1. The van der Waals surface area contributed by atoms with Crippen molar-refractivity contribution in [1.82, 2.24) is 4.98 Å². The van der Waals surface area contributed by atoms with Crippen molar-refractivity contribution in [2.75, 3.05) is 11.9 Å². The number of carbonyl (C=O) groups excluding carboxylic acids is 1. The van der Waals surface area contributed by atoms with E-state index in [0.717, 1.165) is 38.1 Å². The lowest BCUT2D eigenvalue weighted by Crippen LogP contribution is -2.11. The van der Waals surface area contributed by atoms with Crippen molar-refractivity contribution in [2.24, 2.45) is 0 Å². The van der Waals surface area contributed by atoms with E-state index < -0.39 is 0 Å². The van der Waals surface area contributed by atoms with Crippen LogP contribution in [0.5, 0.6) is 5.75 Å². The lowest BCUT2D eigenvalue weighted by molar-refractivity contribution is 0.102. The molecule has 0 bridgehead atoms. The first kappa shape index (κ1) is 19.2. The fourth-order valence-electron chi connectivity index (χ4n) is 3.10. The molecule has 144 valence electrons. The van der Waals surface area contributed by atoms with Crippen molar-refractivity contribution in [3.8, 4) is 17.0 Å². The molecule has 5 heteroatoms. The Morgan fingerprint density at radius 3 is 2.48 bits per heavy atom. The lowest BCUT2D eigenvalue weighted by Gasteiger charge is -2.12. The highest BCUT2D eigenvalue weighted by molar-refractivity contribution is 9.10. The summed E-state index contributed by atoms with van der Waals surface area (Å²) in [6, 6.07) is 24.9. The van der Waals surface area contributed by atoms with E-state index in [9.17, 15) is 4.79 Å². The molecule has 0 aliphatic heterocycles. The van der Waals surface area contributed by atoms with Crippen LogP contribution in [-0.4, -0.2) is 17.5 Å². The molecular weight excluding hydrogens is 428 g/mol. The van der Waals surface area contributed by atoms with E-state index in [0.29, 0.717) is 12.2 Å². The van der Waals surface area contributed by atoms with Gasteiger partial charge in [0.05, 0.1) is 17.8 Å². The smallest absolute Gasteiger partial charge is 0.255 e. The molecule has 0 saturated heterocycles. The van der Waals surface area contributed by atoms with Gasteiger partial charge in [-0.1, -0.05) is 46.3 Å². The molecule has 0 fully saturated rings. The maximum absolute atomic E-state index is 12.7. The zero-order valence-electron chi connectivity index (χ0n) is 15.9. The maximum atomic E-state index is 12.7. The Balaban J connectivity index is 1.71. The van der Waals surface area contributed by atoms with E-state index in [1.165, 1.54) is 0 Å². The zero-order chi connectivity index (χ0) is 20.2. The summed E-state index contributed by atoms with van der Waals surface area (Å²) in [6.45, 7) is 2.47. The molecule has 0 atom stereocenters. The van der Waals surface area contributed by atoms with Crippen molar-refractivity contribution in [3.63, 3.8) is 0 Å². The van der Waals surface area contributed by atoms with Gasteiger partial charge in [-0.2, -0.15) is 0 Å². The van der Waals surface area contributed by atoms with Gasteiger partial charge in [-0.15, -0.1) is 0 Å². The first-order valence-corrected chi connectivity index (χ1v) is 10.1. The first-order valence-electron chi connectivity index (χ1n) is 9.34. The van der Waals surface area contributed by atoms with Crippen LogP contribution in [0.25, 0.3) is 22.2 Å². The second-order valence-electron chi connectivity index (χ2n) is 6.50. The van der Waals surface area contributed by atoms with Crippen LogP contribution in [0.15, 0.2) is 83.3 Å². The Kier molecular flexibility index (Phi) is 5.58. The van der Waals surface area contributed by atoms with E-state index in [1.807, 2.05) is 79.7 Å². The summed E-state index contributed by atoms with van der Waals surface area (Å²) >= 11 is 3.40. The van der Waals surface area contributed by atoms with Gasteiger partial charge in [0.2, 0.25) is 0 Å². The van der Waals surface area contributed by atoms with E-state index in [2.05, 4.69) is 21.2 Å². The minimum Gasteiger partial charge on any atom is -0.493 e. The van der Waals surface area contributed by atoms with Crippen molar-refractivity contribution in [1.29, 1.82) is 0 Å². The Morgan fingerprint density at radius 1 is 1.00 bits per heavy atom. The van der Waals surface area contributed by atoms with Crippen LogP contribution in [0.2, 0.25) is 0 Å². The number of aromatic nitrogens is 1. The third kappa shape index (κ3) is 4.30. The number of carbonyl (C=O) groups is 1. The Morgan fingerprint density at radius 2 is 1.76 bits per heavy atom. The number of benzene rings is 3. The highest BCUT2D eigenvalue weighted by atomic mass is 79.9. The molecule has 4 nitrogen and oxygen atoms in total. The molecule has 1 aromatic heterocycles. The number of rotatable bonds is 5. The summed E-state index contributed by atoms with van der Waals surface area (Å²) in [6.07, 6.45) is 0. The van der Waals surface area contributed by atoms with Crippen LogP contribution < -0.4 is 10.1 Å². The molecule has 4 rings (SSSR count). The third-order valence-corrected chi connectivity index (χ3v) is 5.03. The van der Waals surface area contributed by atoms with Gasteiger partial charge < -0.3 is 10.1 Å². The maximum Gasteiger partial charge on any atom is 0.255 e. The van der Waals surface area contributed by atoms with Crippen LogP contribution >= 0.6 is 15.9 Å². The average molecular weight is 447 g/mol. The number of nitrogens with zero attached hydrogens (tertiary/aromatic N) is 1. The molecule has 0 spiro atoms. The second kappa shape index (κ2) is 8.45. The fourth-order valence-corrected chi connectivity index (χ4v) is 3.37. The predicted molar refractivity (Wildman–Crippen MR) is 120 cm³/mol. The minimum absolute atomic E-state index is 0.177. The van der Waals surface area contributed by atoms with Gasteiger partial charge in [-0.05, 0) is 49.4 Å². The molecule has 0 aliphatic rings. The largest absolute Gasteiger partial charge is 0.493 e. The Labute approximate surface area is 177 Å². The summed E-state index contributed by atoms with van der Waals surface area (Å²) in [5, 5.41) is 3.73. The third-order valence-electron chi connectivity index (χ3n) is 4.50. The zero-order valence-corrected chi connectivity index (χ0v) is 17.4. The second-order valence-corrected chi connectivity index (χ2v) is 7.41. The van der Waals surface area contributed by atoms with Gasteiger partial charge in [-0.25, -0.2) is 4.98 Å². The molecule has 1 N–H and O–H groups in total. The van der Waals surface area contributed by atoms with Crippen LogP contribution in [0.1, 0.15) is 17.3 Å². The molecule has 0 aliphatic carbocycles. The van der Waals surface area contributed by atoms with Gasteiger partial charge in [0.15, 0.2) is 0 Å². The van der Waals surface area contributed by atoms with Crippen molar-refractivity contribution in [3.05, 3.63) is 88.9 Å². The highest BCUT2D eigenvalue weighted by Gasteiger charge is 2.13. The Bertz CT molecular complexity index is 1160. The molecule has 1 amide bonds. The summed E-state index contributed by atoms with van der Waals surface area (Å²) < 4.78 is 6.83. The minimum atomic E-state index is -0.177. The van der Waals surface area contributed by atoms with Crippen molar-refractivity contribution in [2.45, 2.75) is 6.92 Å². The summed E-state index contributed by atoms with van der Waals surface area (Å²) in [5.41, 5.74) is 3.94. The number of anilines is 1. The number of nitrogens with one attached hydrogen (secondary N) is 1. The quantitative estimate of drug-likeness (QED) is 0.390. The van der Waals surface area contributed by atoms with Crippen LogP contribution in [0.3, 0.4) is 0 Å². The summed E-state index contributed by atoms with van der Waals surface area (Å²) in [5.74, 6) is 0.540. The SMILES string of the molecule is CCOc1cc(-c2ccccc2)nc2ccc(C(=O)Nc3ccc(Br)cc3)cc12. The topological polar surface area (TPSA) is 51.2 Å². The molecule has 0 saturated carbocycles. The van der Waals surface area contributed by atoms with Gasteiger partial charge in [-0.3, -0.25) is 4.79 Å². The van der Waals surface area contributed by atoms with Gasteiger partial charge >= 0.3 is 0 Å². The summed E-state index contributed by atoms with van der Waals surface area (Å²) in [7, 11) is 0. The molecular formula is C24H19BrN2O2. The van der Waals surface area contributed by atoms with E-state index >= 15 is 0 Å². The number of amides is 1. The highest BCUT2D eigenvalue weighted by Crippen LogP contribution is 2.31. The predicted octanol–water partition coefficient (Wildman–Crippen LogP) is 6.32. The standard InChI is InChI=1S/C24H19BrN2O2/c1-2-29-23-15-22(16-6-4-3-5-7-16)27-21-13-8-17(14-20(21)23)24(28)26-19-11-9-18(25)10-12-19/h3-15H,2H2,1H3,(H,26,28). The van der Waals surface area contributed by atoms with Crippen LogP contribution in [0, 0.1) is 0 Å². The monoisotopic (exact) mass is 446 g/mol. The normalized spacial score (nSPS) is 10.7. The van der Waals surface area contributed by atoms with Gasteiger partial charge in [0, 0.05) is 32.7 Å². The first-order chi connectivity index (χ1) is 14.1. The van der Waals surface area contributed by atoms with Gasteiger partial charge in [0.25, 0.3) is 5.91 Å². The molecule has 3 aromatic carbocycles. The molecule has 0 unspecified atom stereocenters. The molecule has 1 heterocycles. The van der Waals surface area contributed by atoms with Crippen LogP contribution in [-0.2, 0) is 0 Å². The van der Waals surface area contributed by atoms with Crippen molar-refractivity contribution < 1.29 is 9.53 Å². The van der Waals surface area contributed by atoms with Crippen LogP contribution in [0.4, 0.5) is 5.69 Å². The van der Waals surface area contributed by atoms with Gasteiger partial charge in [0.1, 0.15) is 5.75 Å². The average Bonchev–Trinajstić information content (AvgIpc) is 2.76. The molecule has 29 heavy (non-hydrogen) atoms. The number of hydrogen-bond acceptors (Lipinski definition) is 3. The van der Waals surface area contributed by atoms with E-state index in [-0.39, 0.29) is 5.91 Å². The van der Waals surface area contributed by atoms with E-state index in [4.69, 9.17) is 9.72 Å². The Hall–Kier alpha value is -3.18. The molecule has 0 radical (unpaired) electrons. The lowest BCUT2D eigenvalue weighted by atomic mass is 10.1.